The van der Waals surface area contributed by atoms with Crippen LogP contribution in [0.4, 0.5) is 8.78 Å². The summed E-state index contributed by atoms with van der Waals surface area (Å²) in [4.78, 5) is 26.8. The number of aromatic nitrogens is 4. The largest absolute Gasteiger partial charge is 0.471 e. The molecule has 0 saturated heterocycles. The highest BCUT2D eigenvalue weighted by Gasteiger charge is 2.20. The Balaban J connectivity index is 1.70. The minimum absolute atomic E-state index is 0.110. The Bertz CT molecular complexity index is 1510. The molecule has 0 atom stereocenters. The van der Waals surface area contributed by atoms with Gasteiger partial charge in [0.05, 0.1) is 11.4 Å². The Kier molecular flexibility index (Phi) is 6.91. The number of hydrogen-bond donors (Lipinski definition) is 0. The Morgan fingerprint density at radius 2 is 1.81 bits per heavy atom. The number of ether oxygens (including phenoxy) is 1. The van der Waals surface area contributed by atoms with Crippen LogP contribution in [0.3, 0.4) is 0 Å². The van der Waals surface area contributed by atoms with E-state index in [-0.39, 0.29) is 28.5 Å². The molecule has 0 amide bonds. The van der Waals surface area contributed by atoms with Gasteiger partial charge in [0.1, 0.15) is 29.9 Å². The van der Waals surface area contributed by atoms with Crippen molar-refractivity contribution in [2.75, 3.05) is 0 Å². The van der Waals surface area contributed by atoms with E-state index in [1.165, 1.54) is 10.6 Å². The lowest BCUT2D eigenvalue weighted by molar-refractivity contribution is 0.285. The van der Waals surface area contributed by atoms with Crippen LogP contribution in [0.5, 0.6) is 5.88 Å². The molecule has 0 N–H and O–H groups in total. The summed E-state index contributed by atoms with van der Waals surface area (Å²) in [5.41, 5.74) is 2.38. The van der Waals surface area contributed by atoms with Crippen molar-refractivity contribution in [3.8, 4) is 22.8 Å². The third-order valence-corrected chi connectivity index (χ3v) is 5.89. The van der Waals surface area contributed by atoms with Crippen molar-refractivity contribution in [1.82, 2.24) is 19.5 Å². The van der Waals surface area contributed by atoms with Crippen molar-refractivity contribution < 1.29 is 13.5 Å². The van der Waals surface area contributed by atoms with E-state index in [4.69, 9.17) is 21.3 Å². The molecular formula is C27H25ClF2N4O2. The molecule has 4 aromatic rings. The van der Waals surface area contributed by atoms with Crippen LogP contribution in [0.15, 0.2) is 53.5 Å². The molecule has 2 heterocycles. The molecule has 6 nitrogen and oxygen atoms in total. The standard InChI is InChI=1S/C27H25ClF2N4O2/c1-15-13-31-26(27(3,4)5)33-23(15)17-7-6-8-20(11-17)34-16(2)32-24(22(28)25(34)35)36-14-18-9-10-19(29)12-21(18)30/h6-13H,14H2,1-5H3. The number of hydrogen-bond acceptors (Lipinski definition) is 5. The lowest BCUT2D eigenvalue weighted by atomic mass is 9.95. The maximum atomic E-state index is 13.9. The maximum absolute atomic E-state index is 13.9. The summed E-state index contributed by atoms with van der Waals surface area (Å²) in [6.07, 6.45) is 1.79. The number of halogens is 3. The normalized spacial score (nSPS) is 11.6. The third kappa shape index (κ3) is 5.14. The molecule has 2 aromatic carbocycles. The second kappa shape index (κ2) is 9.78. The van der Waals surface area contributed by atoms with Crippen molar-refractivity contribution in [2.45, 2.75) is 46.6 Å². The monoisotopic (exact) mass is 510 g/mol. The Labute approximate surface area is 212 Å². The van der Waals surface area contributed by atoms with E-state index < -0.39 is 17.2 Å². The van der Waals surface area contributed by atoms with Crippen molar-refractivity contribution >= 4 is 11.6 Å². The highest BCUT2D eigenvalue weighted by atomic mass is 35.5. The summed E-state index contributed by atoms with van der Waals surface area (Å²) in [5.74, 6) is -0.546. The summed E-state index contributed by atoms with van der Waals surface area (Å²) in [5, 5.41) is -0.248. The van der Waals surface area contributed by atoms with E-state index >= 15 is 0 Å². The van der Waals surface area contributed by atoms with Gasteiger partial charge in [-0.2, -0.15) is 4.98 Å². The zero-order valence-electron chi connectivity index (χ0n) is 20.6. The predicted molar refractivity (Wildman–Crippen MR) is 135 cm³/mol. The van der Waals surface area contributed by atoms with Crippen molar-refractivity contribution in [2.24, 2.45) is 0 Å². The minimum atomic E-state index is -0.761. The van der Waals surface area contributed by atoms with Crippen LogP contribution in [0.25, 0.3) is 16.9 Å². The van der Waals surface area contributed by atoms with Crippen molar-refractivity contribution in [1.29, 1.82) is 0 Å². The van der Waals surface area contributed by atoms with Crippen LogP contribution >= 0.6 is 11.6 Å². The van der Waals surface area contributed by atoms with Crippen LogP contribution in [0.1, 0.15) is 43.5 Å². The fourth-order valence-electron chi connectivity index (χ4n) is 3.66. The molecular weight excluding hydrogens is 486 g/mol. The number of benzene rings is 2. The van der Waals surface area contributed by atoms with Crippen LogP contribution < -0.4 is 10.3 Å². The first-order chi connectivity index (χ1) is 17.0. The molecule has 0 aliphatic carbocycles. The Morgan fingerprint density at radius 3 is 2.50 bits per heavy atom. The molecule has 9 heteroatoms. The first kappa shape index (κ1) is 25.4. The molecule has 0 unspecified atom stereocenters. The molecule has 0 aliphatic rings. The zero-order valence-corrected chi connectivity index (χ0v) is 21.3. The van der Waals surface area contributed by atoms with Crippen LogP contribution in [-0.2, 0) is 12.0 Å². The summed E-state index contributed by atoms with van der Waals surface area (Å²) >= 11 is 6.31. The molecule has 0 spiro atoms. The van der Waals surface area contributed by atoms with E-state index in [9.17, 15) is 13.6 Å². The molecule has 4 rings (SSSR count). The molecule has 36 heavy (non-hydrogen) atoms. The van der Waals surface area contributed by atoms with Gasteiger partial charge < -0.3 is 4.74 Å². The zero-order chi connectivity index (χ0) is 26.2. The summed E-state index contributed by atoms with van der Waals surface area (Å²) in [7, 11) is 0. The van der Waals surface area contributed by atoms with Gasteiger partial charge in [0.15, 0.2) is 5.02 Å². The highest BCUT2D eigenvalue weighted by molar-refractivity contribution is 6.31. The van der Waals surface area contributed by atoms with Gasteiger partial charge in [-0.1, -0.05) is 44.5 Å². The molecule has 2 aromatic heterocycles. The minimum Gasteiger partial charge on any atom is -0.471 e. The average Bonchev–Trinajstić information content (AvgIpc) is 2.81. The van der Waals surface area contributed by atoms with Crippen LogP contribution in [-0.4, -0.2) is 19.5 Å². The fourth-order valence-corrected chi connectivity index (χ4v) is 3.84. The maximum Gasteiger partial charge on any atom is 0.280 e. The van der Waals surface area contributed by atoms with Gasteiger partial charge in [0, 0.05) is 28.8 Å². The van der Waals surface area contributed by atoms with E-state index in [0.717, 1.165) is 29.0 Å². The first-order valence-electron chi connectivity index (χ1n) is 11.3. The van der Waals surface area contributed by atoms with Gasteiger partial charge >= 0.3 is 0 Å². The highest BCUT2D eigenvalue weighted by Crippen LogP contribution is 2.28. The topological polar surface area (TPSA) is 69.9 Å². The summed E-state index contributed by atoms with van der Waals surface area (Å²) in [6, 6.07) is 10.5. The SMILES string of the molecule is Cc1cnc(C(C)(C)C)nc1-c1cccc(-n2c(C)nc(OCc3ccc(F)cc3F)c(Cl)c2=O)c1. The number of nitrogens with zero attached hydrogens (tertiary/aromatic N) is 4. The average molecular weight is 511 g/mol. The lowest BCUT2D eigenvalue weighted by Crippen LogP contribution is -2.23. The lowest BCUT2D eigenvalue weighted by Gasteiger charge is -2.18. The van der Waals surface area contributed by atoms with Gasteiger partial charge in [-0.25, -0.2) is 18.7 Å². The Morgan fingerprint density at radius 1 is 1.06 bits per heavy atom. The predicted octanol–water partition coefficient (Wildman–Crippen LogP) is 6.11. The van der Waals surface area contributed by atoms with E-state index in [1.807, 2.05) is 45.9 Å². The van der Waals surface area contributed by atoms with E-state index in [2.05, 4.69) is 9.97 Å². The molecule has 0 saturated carbocycles. The summed E-state index contributed by atoms with van der Waals surface area (Å²) < 4.78 is 34.0. The molecule has 0 radical (unpaired) electrons. The second-order valence-electron chi connectivity index (χ2n) is 9.47. The van der Waals surface area contributed by atoms with Crippen molar-refractivity contribution in [3.05, 3.63) is 98.4 Å². The molecule has 0 fully saturated rings. The molecule has 186 valence electrons. The van der Waals surface area contributed by atoms with Gasteiger partial charge in [0.25, 0.3) is 5.56 Å². The second-order valence-corrected chi connectivity index (χ2v) is 9.85. The quantitative estimate of drug-likeness (QED) is 0.324. The molecule has 0 aliphatic heterocycles. The Hall–Kier alpha value is -3.65. The van der Waals surface area contributed by atoms with Gasteiger partial charge in [-0.15, -0.1) is 0 Å². The molecule has 0 bridgehead atoms. The smallest absolute Gasteiger partial charge is 0.280 e. The fraction of sp³-hybridized carbons (Fsp3) is 0.259. The number of rotatable bonds is 5. The van der Waals surface area contributed by atoms with Gasteiger partial charge in [-0.05, 0) is 43.7 Å². The van der Waals surface area contributed by atoms with Gasteiger partial charge in [-0.3, -0.25) is 9.36 Å². The number of aryl methyl sites for hydroxylation is 2. The van der Waals surface area contributed by atoms with E-state index in [0.29, 0.717) is 17.3 Å². The van der Waals surface area contributed by atoms with Crippen molar-refractivity contribution in [3.63, 3.8) is 0 Å². The van der Waals surface area contributed by atoms with E-state index in [1.54, 1.807) is 19.2 Å². The van der Waals surface area contributed by atoms with Crippen LogP contribution in [0.2, 0.25) is 5.02 Å². The van der Waals surface area contributed by atoms with Gasteiger partial charge in [0.2, 0.25) is 5.88 Å². The summed E-state index contributed by atoms with van der Waals surface area (Å²) in [6.45, 7) is 9.44. The first-order valence-corrected chi connectivity index (χ1v) is 11.6. The third-order valence-electron chi connectivity index (χ3n) is 5.57. The van der Waals surface area contributed by atoms with Crippen LogP contribution in [0, 0.1) is 25.5 Å².